The molecule has 0 radical (unpaired) electrons. The molecule has 0 atom stereocenters. The molecule has 0 unspecified atom stereocenters. The average Bonchev–Trinajstić information content (AvgIpc) is 2.58. The van der Waals surface area contributed by atoms with E-state index in [9.17, 15) is 0 Å². The topological polar surface area (TPSA) is 9.23 Å². The van der Waals surface area contributed by atoms with E-state index in [0.29, 0.717) is 0 Å². The van der Waals surface area contributed by atoms with Crippen LogP contribution in [0.4, 0.5) is 0 Å². The second-order valence-corrected chi connectivity index (χ2v) is 7.38. The van der Waals surface area contributed by atoms with Crippen LogP contribution in [0.5, 0.6) is 5.75 Å². The molecule has 3 aromatic carbocycles. The van der Waals surface area contributed by atoms with Gasteiger partial charge in [0.15, 0.2) is 0 Å². The van der Waals surface area contributed by atoms with Crippen molar-refractivity contribution in [1.29, 1.82) is 0 Å². The van der Waals surface area contributed by atoms with E-state index in [-0.39, 0.29) is 0 Å². The number of hydrogen-bond donors (Lipinski definition) is 0. The van der Waals surface area contributed by atoms with E-state index in [2.05, 4.69) is 94.2 Å². The molecule has 0 saturated carbocycles. The van der Waals surface area contributed by atoms with Gasteiger partial charge in [-0.2, -0.15) is 0 Å². The van der Waals surface area contributed by atoms with Crippen molar-refractivity contribution < 1.29 is 4.74 Å². The number of benzene rings is 3. The Morgan fingerprint density at radius 2 is 1.42 bits per heavy atom. The highest BCUT2D eigenvalue weighted by Crippen LogP contribution is 2.45. The third-order valence-corrected chi connectivity index (χ3v) is 5.77. The normalized spacial score (nSPS) is 10.7. The number of hydrogen-bond acceptors (Lipinski definition) is 1. The zero-order valence-corrected chi connectivity index (χ0v) is 17.0. The molecule has 0 aromatic heterocycles. The first kappa shape index (κ1) is 17.2. The molecular weight excluding hydrogens is 428 g/mol. The number of ether oxygens (including phenoxy) is 1. The SMILES string of the molecule is COc1cc(-c2ccccc2C)c(C)c(-c2ccccc2Br)c1Br. The van der Waals surface area contributed by atoms with Crippen molar-refractivity contribution >= 4 is 31.9 Å². The Hall–Kier alpha value is -1.58. The quantitative estimate of drug-likeness (QED) is 0.415. The van der Waals surface area contributed by atoms with Crippen LogP contribution >= 0.6 is 31.9 Å². The summed E-state index contributed by atoms with van der Waals surface area (Å²) in [5, 5.41) is 0. The van der Waals surface area contributed by atoms with Gasteiger partial charge in [0, 0.05) is 10.0 Å². The monoisotopic (exact) mass is 444 g/mol. The van der Waals surface area contributed by atoms with Crippen LogP contribution in [0.2, 0.25) is 0 Å². The molecule has 3 rings (SSSR count). The second kappa shape index (κ2) is 7.12. The molecule has 0 heterocycles. The molecule has 0 saturated heterocycles. The van der Waals surface area contributed by atoms with E-state index in [1.807, 2.05) is 6.07 Å². The van der Waals surface area contributed by atoms with Crippen molar-refractivity contribution in [1.82, 2.24) is 0 Å². The third-order valence-electron chi connectivity index (χ3n) is 4.29. The third kappa shape index (κ3) is 3.03. The molecule has 0 aliphatic rings. The predicted molar refractivity (Wildman–Crippen MR) is 109 cm³/mol. The molecule has 1 nitrogen and oxygen atoms in total. The van der Waals surface area contributed by atoms with Gasteiger partial charge in [0.2, 0.25) is 0 Å². The lowest BCUT2D eigenvalue weighted by atomic mass is 9.90. The van der Waals surface area contributed by atoms with Gasteiger partial charge >= 0.3 is 0 Å². The molecule has 0 fully saturated rings. The van der Waals surface area contributed by atoms with E-state index in [4.69, 9.17) is 4.74 Å². The van der Waals surface area contributed by atoms with Crippen LogP contribution in [0, 0.1) is 13.8 Å². The van der Waals surface area contributed by atoms with Gasteiger partial charge in [0.1, 0.15) is 5.75 Å². The maximum atomic E-state index is 5.64. The average molecular weight is 446 g/mol. The minimum atomic E-state index is 0.838. The Balaban J connectivity index is 2.37. The van der Waals surface area contributed by atoms with Crippen molar-refractivity contribution in [3.63, 3.8) is 0 Å². The summed E-state index contributed by atoms with van der Waals surface area (Å²) in [6, 6.07) is 18.8. The highest BCUT2D eigenvalue weighted by molar-refractivity contribution is 9.11. The summed E-state index contributed by atoms with van der Waals surface area (Å²) in [5.41, 5.74) is 7.20. The van der Waals surface area contributed by atoms with Crippen LogP contribution in [-0.2, 0) is 0 Å². The Bertz CT molecular complexity index is 900. The lowest BCUT2D eigenvalue weighted by Crippen LogP contribution is -1.96. The fourth-order valence-electron chi connectivity index (χ4n) is 3.01. The van der Waals surface area contributed by atoms with E-state index in [0.717, 1.165) is 25.8 Å². The summed E-state index contributed by atoms with van der Waals surface area (Å²) in [7, 11) is 1.71. The maximum Gasteiger partial charge on any atom is 0.134 e. The Morgan fingerprint density at radius 1 is 0.792 bits per heavy atom. The highest BCUT2D eigenvalue weighted by Gasteiger charge is 2.19. The Labute approximate surface area is 159 Å². The van der Waals surface area contributed by atoms with Crippen LogP contribution in [0.1, 0.15) is 11.1 Å². The van der Waals surface area contributed by atoms with Crippen LogP contribution in [0.15, 0.2) is 63.5 Å². The van der Waals surface area contributed by atoms with Crippen LogP contribution in [0.3, 0.4) is 0 Å². The van der Waals surface area contributed by atoms with Crippen LogP contribution < -0.4 is 4.74 Å². The fraction of sp³-hybridized carbons (Fsp3) is 0.143. The molecule has 0 aliphatic carbocycles. The van der Waals surface area contributed by atoms with Crippen molar-refractivity contribution in [2.45, 2.75) is 13.8 Å². The fourth-order valence-corrected chi connectivity index (χ4v) is 4.28. The first-order chi connectivity index (χ1) is 11.5. The summed E-state index contributed by atoms with van der Waals surface area (Å²) < 4.78 is 7.69. The van der Waals surface area contributed by atoms with E-state index < -0.39 is 0 Å². The van der Waals surface area contributed by atoms with E-state index in [1.54, 1.807) is 7.11 Å². The first-order valence-electron chi connectivity index (χ1n) is 7.72. The molecule has 0 spiro atoms. The lowest BCUT2D eigenvalue weighted by molar-refractivity contribution is 0.412. The molecule has 122 valence electrons. The highest BCUT2D eigenvalue weighted by atomic mass is 79.9. The van der Waals surface area contributed by atoms with Gasteiger partial charge in [-0.3, -0.25) is 0 Å². The van der Waals surface area contributed by atoms with E-state index in [1.165, 1.54) is 22.3 Å². The van der Waals surface area contributed by atoms with E-state index >= 15 is 0 Å². The second-order valence-electron chi connectivity index (χ2n) is 5.74. The molecule has 3 heteroatoms. The molecule has 24 heavy (non-hydrogen) atoms. The van der Waals surface area contributed by atoms with Gasteiger partial charge in [-0.05, 0) is 69.7 Å². The number of rotatable bonds is 3. The van der Waals surface area contributed by atoms with Crippen molar-refractivity contribution in [2.24, 2.45) is 0 Å². The molecule has 0 N–H and O–H groups in total. The number of halogens is 2. The lowest BCUT2D eigenvalue weighted by Gasteiger charge is -2.19. The molecule has 3 aromatic rings. The van der Waals surface area contributed by atoms with Crippen LogP contribution in [0.25, 0.3) is 22.3 Å². The molecular formula is C21H18Br2O. The summed E-state index contributed by atoms with van der Waals surface area (Å²) >= 11 is 7.42. The molecule has 0 bridgehead atoms. The maximum absolute atomic E-state index is 5.64. The van der Waals surface area contributed by atoms with Gasteiger partial charge in [0.25, 0.3) is 0 Å². The van der Waals surface area contributed by atoms with Crippen molar-refractivity contribution in [3.05, 3.63) is 74.7 Å². The van der Waals surface area contributed by atoms with Crippen LogP contribution in [-0.4, -0.2) is 7.11 Å². The smallest absolute Gasteiger partial charge is 0.134 e. The molecule has 0 amide bonds. The van der Waals surface area contributed by atoms with Gasteiger partial charge in [-0.15, -0.1) is 0 Å². The number of methoxy groups -OCH3 is 1. The Morgan fingerprint density at radius 3 is 2.04 bits per heavy atom. The van der Waals surface area contributed by atoms with Gasteiger partial charge in [-0.25, -0.2) is 0 Å². The standard InChI is InChI=1S/C21H18Br2O/c1-13-8-4-5-9-15(13)17-12-19(24-3)21(23)20(14(17)2)16-10-6-7-11-18(16)22/h4-12H,1-3H3. The molecule has 0 aliphatic heterocycles. The van der Waals surface area contributed by atoms with Crippen molar-refractivity contribution in [3.8, 4) is 28.0 Å². The van der Waals surface area contributed by atoms with Gasteiger partial charge in [0.05, 0.1) is 11.6 Å². The zero-order chi connectivity index (χ0) is 17.3. The summed E-state index contributed by atoms with van der Waals surface area (Å²) in [4.78, 5) is 0. The van der Waals surface area contributed by atoms with Gasteiger partial charge in [-0.1, -0.05) is 58.4 Å². The van der Waals surface area contributed by atoms with Gasteiger partial charge < -0.3 is 4.74 Å². The largest absolute Gasteiger partial charge is 0.496 e. The van der Waals surface area contributed by atoms with Crippen molar-refractivity contribution in [2.75, 3.05) is 7.11 Å². The number of aryl methyl sites for hydroxylation is 1. The minimum Gasteiger partial charge on any atom is -0.496 e. The Kier molecular flexibility index (Phi) is 5.12. The summed E-state index contributed by atoms with van der Waals surface area (Å²) in [6.07, 6.45) is 0. The predicted octanol–water partition coefficient (Wildman–Crippen LogP) is 7.17. The summed E-state index contributed by atoms with van der Waals surface area (Å²) in [6.45, 7) is 4.31. The zero-order valence-electron chi connectivity index (χ0n) is 13.9. The minimum absolute atomic E-state index is 0.838. The first-order valence-corrected chi connectivity index (χ1v) is 9.31. The summed E-state index contributed by atoms with van der Waals surface area (Å²) in [5.74, 6) is 0.838.